The van der Waals surface area contributed by atoms with Crippen LogP contribution in [-0.2, 0) is 19.1 Å². The number of carbonyl (C=O) groups is 3. The Morgan fingerprint density at radius 1 is 1.42 bits per heavy atom. The maximum atomic E-state index is 13.6. The second-order valence-corrected chi connectivity index (χ2v) is 7.96. The third-order valence-corrected chi connectivity index (χ3v) is 6.07. The van der Waals surface area contributed by atoms with Crippen molar-refractivity contribution in [3.05, 3.63) is 29.8 Å². The van der Waals surface area contributed by atoms with E-state index in [-0.39, 0.29) is 11.6 Å². The number of hydrogen-bond acceptors (Lipinski definition) is 5. The molecular formula is C17H18F2N2O4S. The molecule has 9 heteroatoms. The summed E-state index contributed by atoms with van der Waals surface area (Å²) in [5, 5.41) is 2.25. The topological polar surface area (TPSA) is 75.7 Å². The average molecular weight is 384 g/mol. The number of nitrogens with one attached hydrogen (secondary N) is 1. The van der Waals surface area contributed by atoms with Crippen LogP contribution in [0.2, 0.25) is 0 Å². The summed E-state index contributed by atoms with van der Waals surface area (Å²) in [6.07, 6.45) is -0.144. The van der Waals surface area contributed by atoms with Crippen molar-refractivity contribution in [2.45, 2.75) is 43.7 Å². The molecule has 2 saturated heterocycles. The fraction of sp³-hybridized carbons (Fsp3) is 0.471. The molecule has 0 aromatic heterocycles. The molecule has 140 valence electrons. The molecule has 6 nitrogen and oxygen atoms in total. The van der Waals surface area contributed by atoms with Crippen LogP contribution in [0.3, 0.4) is 0 Å². The van der Waals surface area contributed by atoms with Crippen molar-refractivity contribution in [3.8, 4) is 0 Å². The van der Waals surface area contributed by atoms with Crippen molar-refractivity contribution in [2.24, 2.45) is 0 Å². The smallest absolute Gasteiger partial charge is 0.330 e. The van der Waals surface area contributed by atoms with Crippen molar-refractivity contribution >= 4 is 35.2 Å². The Kier molecular flexibility index (Phi) is 4.92. The molecule has 1 aromatic rings. The van der Waals surface area contributed by atoms with E-state index < -0.39 is 40.5 Å². The predicted molar refractivity (Wildman–Crippen MR) is 91.3 cm³/mol. The Morgan fingerprint density at radius 3 is 2.85 bits per heavy atom. The van der Waals surface area contributed by atoms with Crippen molar-refractivity contribution in [1.29, 1.82) is 0 Å². The number of hydrogen-bond donors (Lipinski definition) is 1. The van der Waals surface area contributed by atoms with Crippen LogP contribution in [0.15, 0.2) is 18.2 Å². The van der Waals surface area contributed by atoms with E-state index in [1.807, 2.05) is 6.92 Å². The molecule has 2 heterocycles. The second-order valence-electron chi connectivity index (χ2n) is 6.46. The van der Waals surface area contributed by atoms with Crippen molar-refractivity contribution in [2.75, 3.05) is 11.1 Å². The molecule has 0 saturated carbocycles. The van der Waals surface area contributed by atoms with Crippen LogP contribution < -0.4 is 5.32 Å². The summed E-state index contributed by atoms with van der Waals surface area (Å²) in [4.78, 5) is 37.7. The van der Waals surface area contributed by atoms with E-state index in [0.717, 1.165) is 12.1 Å². The van der Waals surface area contributed by atoms with E-state index in [0.29, 0.717) is 24.7 Å². The van der Waals surface area contributed by atoms with Crippen molar-refractivity contribution < 1.29 is 27.9 Å². The number of nitrogens with zero attached hydrogens (tertiary/aromatic N) is 1. The van der Waals surface area contributed by atoms with E-state index in [2.05, 4.69) is 5.32 Å². The maximum Gasteiger partial charge on any atom is 0.330 e. The van der Waals surface area contributed by atoms with Crippen LogP contribution in [0.1, 0.15) is 26.7 Å². The lowest BCUT2D eigenvalue weighted by Gasteiger charge is -2.29. The summed E-state index contributed by atoms with van der Waals surface area (Å²) < 4.78 is 31.7. The number of amides is 2. The molecule has 2 amide bonds. The van der Waals surface area contributed by atoms with Crippen LogP contribution in [0.25, 0.3) is 0 Å². The molecule has 1 aromatic carbocycles. The van der Waals surface area contributed by atoms with Gasteiger partial charge in [-0.05, 0) is 32.4 Å². The van der Waals surface area contributed by atoms with Gasteiger partial charge in [0, 0.05) is 18.2 Å². The highest BCUT2D eigenvalue weighted by Gasteiger charge is 2.53. The fourth-order valence-electron chi connectivity index (χ4n) is 3.13. The van der Waals surface area contributed by atoms with Gasteiger partial charge >= 0.3 is 5.97 Å². The predicted octanol–water partition coefficient (Wildman–Crippen LogP) is 2.29. The zero-order valence-corrected chi connectivity index (χ0v) is 15.1. The lowest BCUT2D eigenvalue weighted by Crippen LogP contribution is -2.48. The Balaban J connectivity index is 1.62. The Bertz CT molecular complexity index is 775. The van der Waals surface area contributed by atoms with Gasteiger partial charge in [0.25, 0.3) is 5.91 Å². The van der Waals surface area contributed by atoms with Gasteiger partial charge in [-0.2, -0.15) is 0 Å². The number of halogens is 2. The minimum Gasteiger partial charge on any atom is -0.451 e. The second kappa shape index (κ2) is 6.86. The van der Waals surface area contributed by atoms with Crippen molar-refractivity contribution in [3.63, 3.8) is 0 Å². The third kappa shape index (κ3) is 3.40. The zero-order chi connectivity index (χ0) is 19.1. The molecule has 0 aliphatic carbocycles. The fourth-order valence-corrected chi connectivity index (χ4v) is 4.54. The van der Waals surface area contributed by atoms with Gasteiger partial charge in [-0.3, -0.25) is 9.59 Å². The van der Waals surface area contributed by atoms with Gasteiger partial charge in [0.1, 0.15) is 17.7 Å². The van der Waals surface area contributed by atoms with Gasteiger partial charge in [0.2, 0.25) is 5.91 Å². The largest absolute Gasteiger partial charge is 0.451 e. The first-order chi connectivity index (χ1) is 12.2. The van der Waals surface area contributed by atoms with Crippen LogP contribution in [0, 0.1) is 11.6 Å². The zero-order valence-electron chi connectivity index (χ0n) is 14.3. The molecule has 3 rings (SSSR count). The summed E-state index contributed by atoms with van der Waals surface area (Å²) in [5.74, 6) is -2.81. The molecule has 26 heavy (non-hydrogen) atoms. The monoisotopic (exact) mass is 384 g/mol. The van der Waals surface area contributed by atoms with Gasteiger partial charge in [0.15, 0.2) is 6.10 Å². The van der Waals surface area contributed by atoms with E-state index in [1.165, 1.54) is 23.6 Å². The lowest BCUT2D eigenvalue weighted by atomic mass is 10.2. The van der Waals surface area contributed by atoms with Gasteiger partial charge in [-0.1, -0.05) is 0 Å². The molecule has 0 bridgehead atoms. The summed E-state index contributed by atoms with van der Waals surface area (Å²) in [7, 11) is 0. The van der Waals surface area contributed by atoms with Crippen LogP contribution in [0.4, 0.5) is 14.5 Å². The number of anilines is 1. The number of fused-ring (bicyclic) bond motifs is 1. The van der Waals surface area contributed by atoms with Crippen molar-refractivity contribution in [1.82, 2.24) is 4.90 Å². The molecule has 1 N–H and O–H groups in total. The van der Waals surface area contributed by atoms with Crippen LogP contribution in [0.5, 0.6) is 0 Å². The van der Waals surface area contributed by atoms with Gasteiger partial charge < -0.3 is 15.0 Å². The van der Waals surface area contributed by atoms with Crippen LogP contribution >= 0.6 is 11.8 Å². The SMILES string of the molecule is C[C@@H](OC(=O)[C@H]1CS[C@@]2(C)CCC(=O)N12)C(=O)Nc1ccc(F)cc1F. The third-order valence-electron chi connectivity index (χ3n) is 4.57. The number of benzene rings is 1. The summed E-state index contributed by atoms with van der Waals surface area (Å²) in [5.41, 5.74) is -0.210. The molecule has 3 atom stereocenters. The maximum absolute atomic E-state index is 13.6. The summed E-state index contributed by atoms with van der Waals surface area (Å²) in [6, 6.07) is 1.99. The number of thioether (sulfide) groups is 1. The van der Waals surface area contributed by atoms with Gasteiger partial charge in [-0.15, -0.1) is 11.8 Å². The van der Waals surface area contributed by atoms with Gasteiger partial charge in [-0.25, -0.2) is 13.6 Å². The number of rotatable bonds is 4. The van der Waals surface area contributed by atoms with E-state index in [9.17, 15) is 23.2 Å². The highest BCUT2D eigenvalue weighted by Crippen LogP contribution is 2.47. The normalized spacial score (nSPS) is 25.8. The molecule has 0 spiro atoms. The first-order valence-electron chi connectivity index (χ1n) is 8.14. The van der Waals surface area contributed by atoms with E-state index >= 15 is 0 Å². The molecule has 2 aliphatic heterocycles. The standard InChI is InChI=1S/C17H18F2N2O4S/c1-9(15(23)20-12-4-3-10(18)7-11(12)19)25-16(24)13-8-26-17(2)6-5-14(22)21(13)17/h3-4,7,9,13H,5-6,8H2,1-2H3,(H,20,23)/t9-,13-,17+/m1/s1. The molecular weight excluding hydrogens is 366 g/mol. The van der Waals surface area contributed by atoms with E-state index in [4.69, 9.17) is 4.74 Å². The minimum atomic E-state index is -1.19. The van der Waals surface area contributed by atoms with Gasteiger partial charge in [0.05, 0.1) is 10.6 Å². The highest BCUT2D eigenvalue weighted by molar-refractivity contribution is 8.01. The summed E-state index contributed by atoms with van der Waals surface area (Å²) in [6.45, 7) is 3.26. The van der Waals surface area contributed by atoms with E-state index in [1.54, 1.807) is 0 Å². The summed E-state index contributed by atoms with van der Waals surface area (Å²) >= 11 is 1.52. The quantitative estimate of drug-likeness (QED) is 0.806. The Hall–Kier alpha value is -2.16. The highest BCUT2D eigenvalue weighted by atomic mass is 32.2. The molecule has 0 radical (unpaired) electrons. The van der Waals surface area contributed by atoms with Crippen LogP contribution in [-0.4, -0.2) is 45.5 Å². The molecule has 2 fully saturated rings. The minimum absolute atomic E-state index is 0.107. The Labute approximate surface area is 153 Å². The Morgan fingerprint density at radius 2 is 2.15 bits per heavy atom. The lowest BCUT2D eigenvalue weighted by molar-refractivity contribution is -0.160. The molecule has 2 aliphatic rings. The first-order valence-corrected chi connectivity index (χ1v) is 9.12. The first kappa shape index (κ1) is 18.6. The number of ether oxygens (including phenoxy) is 1. The number of carbonyl (C=O) groups excluding carboxylic acids is 3. The molecule has 0 unspecified atom stereocenters. The number of esters is 1. The average Bonchev–Trinajstić information content (AvgIpc) is 3.06.